The number of aryl methyl sites for hydroxylation is 1. The van der Waals surface area contributed by atoms with Gasteiger partial charge in [-0.3, -0.25) is 0 Å². The number of hydrogen-bond acceptors (Lipinski definition) is 5. The predicted molar refractivity (Wildman–Crippen MR) is 130 cm³/mol. The number of piperazine rings is 1. The zero-order valence-corrected chi connectivity index (χ0v) is 20.0. The Morgan fingerprint density at radius 2 is 1.85 bits per heavy atom. The quantitative estimate of drug-likeness (QED) is 0.397. The molecule has 34 heavy (non-hydrogen) atoms. The van der Waals surface area contributed by atoms with Crippen LogP contribution in [-0.4, -0.2) is 57.4 Å². The number of nitrogens with zero attached hydrogens (tertiary/aromatic N) is 6. The minimum atomic E-state index is -0.763. The van der Waals surface area contributed by atoms with Crippen LogP contribution in [0.3, 0.4) is 0 Å². The second-order valence-electron chi connectivity index (χ2n) is 8.84. The van der Waals surface area contributed by atoms with Crippen molar-refractivity contribution in [2.75, 3.05) is 31.6 Å². The number of aromatic nitrogens is 4. The Bertz CT molecular complexity index is 1360. The normalized spacial score (nSPS) is 17.0. The second kappa shape index (κ2) is 8.92. The Morgan fingerprint density at radius 3 is 2.62 bits per heavy atom. The average Bonchev–Trinajstić information content (AvgIpc) is 3.16. The van der Waals surface area contributed by atoms with Gasteiger partial charge in [-0.25, -0.2) is 18.4 Å². The molecule has 3 heterocycles. The molecule has 1 aliphatic heterocycles. The van der Waals surface area contributed by atoms with Crippen LogP contribution in [0.4, 0.5) is 14.7 Å². The van der Waals surface area contributed by atoms with E-state index >= 15 is 0 Å². The molecule has 1 saturated heterocycles. The largest absolute Gasteiger partial charge is 0.335 e. The summed E-state index contributed by atoms with van der Waals surface area (Å²) in [6, 6.07) is 11.9. The van der Waals surface area contributed by atoms with Crippen LogP contribution in [0, 0.1) is 18.6 Å². The number of hydrogen-bond donors (Lipinski definition) is 0. The maximum atomic E-state index is 14.9. The van der Waals surface area contributed by atoms with E-state index in [2.05, 4.69) is 51.2 Å². The lowest BCUT2D eigenvalue weighted by Crippen LogP contribution is -2.53. The molecule has 9 heteroatoms. The van der Waals surface area contributed by atoms with Gasteiger partial charge in [0.25, 0.3) is 0 Å². The lowest BCUT2D eigenvalue weighted by Gasteiger charge is -2.40. The summed E-state index contributed by atoms with van der Waals surface area (Å²) in [6.45, 7) is 3.96. The van der Waals surface area contributed by atoms with Crippen molar-refractivity contribution in [1.82, 2.24) is 24.6 Å². The van der Waals surface area contributed by atoms with E-state index in [4.69, 9.17) is 16.6 Å². The molecule has 0 bridgehead atoms. The van der Waals surface area contributed by atoms with Gasteiger partial charge in [0.2, 0.25) is 5.95 Å². The highest BCUT2D eigenvalue weighted by Gasteiger charge is 2.28. The van der Waals surface area contributed by atoms with Gasteiger partial charge in [0.05, 0.1) is 10.4 Å². The fraction of sp³-hybridized carbons (Fsp3) is 0.320. The van der Waals surface area contributed by atoms with Crippen molar-refractivity contribution in [3.05, 3.63) is 70.4 Å². The van der Waals surface area contributed by atoms with Crippen molar-refractivity contribution in [2.24, 2.45) is 7.05 Å². The molecule has 4 aromatic rings. The Kier molecular flexibility index (Phi) is 5.95. The molecule has 0 aliphatic carbocycles. The van der Waals surface area contributed by atoms with Crippen LogP contribution >= 0.6 is 11.6 Å². The molecule has 0 saturated carbocycles. The number of fused-ring (bicyclic) bond motifs is 1. The van der Waals surface area contributed by atoms with Gasteiger partial charge in [0.1, 0.15) is 17.3 Å². The number of anilines is 1. The van der Waals surface area contributed by atoms with E-state index in [9.17, 15) is 8.78 Å². The first-order valence-corrected chi connectivity index (χ1v) is 11.5. The molecule has 5 rings (SSSR count). The van der Waals surface area contributed by atoms with E-state index in [1.54, 1.807) is 17.9 Å². The highest BCUT2D eigenvalue weighted by Crippen LogP contribution is 2.34. The lowest BCUT2D eigenvalue weighted by molar-refractivity contribution is 0.264. The SMILES string of the molecule is Cc1c(F)c(Cl)cc(-c2nn(C)c3nc(N4CCN(C)CC4Cc4ccccc4)ncc23)c1F. The van der Waals surface area contributed by atoms with E-state index in [0.29, 0.717) is 22.7 Å². The third kappa shape index (κ3) is 4.01. The highest BCUT2D eigenvalue weighted by molar-refractivity contribution is 6.31. The summed E-state index contributed by atoms with van der Waals surface area (Å²) in [5, 5.41) is 4.92. The van der Waals surface area contributed by atoms with Crippen LogP contribution in [0.15, 0.2) is 42.6 Å². The van der Waals surface area contributed by atoms with Gasteiger partial charge in [-0.15, -0.1) is 0 Å². The summed E-state index contributed by atoms with van der Waals surface area (Å²) in [5.41, 5.74) is 2.17. The predicted octanol–water partition coefficient (Wildman–Crippen LogP) is 4.63. The van der Waals surface area contributed by atoms with Crippen molar-refractivity contribution in [3.63, 3.8) is 0 Å². The molecule has 0 spiro atoms. The van der Waals surface area contributed by atoms with Crippen molar-refractivity contribution >= 4 is 28.6 Å². The van der Waals surface area contributed by atoms with Gasteiger partial charge in [-0.2, -0.15) is 10.1 Å². The van der Waals surface area contributed by atoms with Gasteiger partial charge >= 0.3 is 0 Å². The van der Waals surface area contributed by atoms with Gasteiger partial charge in [-0.05, 0) is 32.0 Å². The summed E-state index contributed by atoms with van der Waals surface area (Å²) >= 11 is 6.00. The van der Waals surface area contributed by atoms with Crippen LogP contribution in [0.25, 0.3) is 22.3 Å². The molecule has 1 unspecified atom stereocenters. The van der Waals surface area contributed by atoms with Gasteiger partial charge in [-0.1, -0.05) is 41.9 Å². The molecule has 1 aliphatic rings. The van der Waals surface area contributed by atoms with Crippen molar-refractivity contribution in [2.45, 2.75) is 19.4 Å². The molecule has 2 aromatic carbocycles. The molecule has 2 aromatic heterocycles. The van der Waals surface area contributed by atoms with Crippen molar-refractivity contribution in [3.8, 4) is 11.3 Å². The molecular formula is C25H25ClF2N6. The number of benzene rings is 2. The Balaban J connectivity index is 1.54. The third-order valence-corrected chi connectivity index (χ3v) is 6.73. The number of likely N-dealkylation sites (N-methyl/N-ethyl adjacent to an activating group) is 1. The zero-order valence-electron chi connectivity index (χ0n) is 19.3. The Hall–Kier alpha value is -3.10. The molecule has 0 radical (unpaired) electrons. The first kappa shape index (κ1) is 22.7. The topological polar surface area (TPSA) is 50.1 Å². The summed E-state index contributed by atoms with van der Waals surface area (Å²) in [6.07, 6.45) is 2.55. The standard InChI is InChI=1S/C25H25ClF2N6/c1-15-21(27)18(12-20(26)22(15)28)23-19-13-29-25(30-24(19)33(3)31-23)34-10-9-32(2)14-17(34)11-16-7-5-4-6-8-16/h4-8,12-13,17H,9-11,14H2,1-3H3. The highest BCUT2D eigenvalue weighted by atomic mass is 35.5. The van der Waals surface area contributed by atoms with Gasteiger partial charge in [0, 0.05) is 50.0 Å². The lowest BCUT2D eigenvalue weighted by atomic mass is 10.0. The first-order chi connectivity index (χ1) is 16.3. The van der Waals surface area contributed by atoms with E-state index < -0.39 is 11.6 Å². The minimum absolute atomic E-state index is 0.132. The van der Waals surface area contributed by atoms with Gasteiger partial charge < -0.3 is 9.80 Å². The fourth-order valence-electron chi connectivity index (χ4n) is 4.60. The maximum absolute atomic E-state index is 14.9. The summed E-state index contributed by atoms with van der Waals surface area (Å²) in [4.78, 5) is 14.0. The molecule has 1 atom stereocenters. The third-order valence-electron chi connectivity index (χ3n) is 6.46. The van der Waals surface area contributed by atoms with Crippen LogP contribution in [0.5, 0.6) is 0 Å². The fourth-order valence-corrected chi connectivity index (χ4v) is 4.86. The monoisotopic (exact) mass is 482 g/mol. The second-order valence-corrected chi connectivity index (χ2v) is 9.24. The zero-order chi connectivity index (χ0) is 24.0. The Morgan fingerprint density at radius 1 is 1.09 bits per heavy atom. The molecule has 0 N–H and O–H groups in total. The van der Waals surface area contributed by atoms with Gasteiger partial charge in [0.15, 0.2) is 5.65 Å². The summed E-state index contributed by atoms with van der Waals surface area (Å²) < 4.78 is 30.6. The smallest absolute Gasteiger partial charge is 0.227 e. The maximum Gasteiger partial charge on any atom is 0.227 e. The number of halogens is 3. The van der Waals surface area contributed by atoms with Crippen LogP contribution < -0.4 is 4.90 Å². The van der Waals surface area contributed by atoms with Crippen molar-refractivity contribution < 1.29 is 8.78 Å². The van der Waals surface area contributed by atoms with Crippen LogP contribution in [0.2, 0.25) is 5.02 Å². The first-order valence-electron chi connectivity index (χ1n) is 11.2. The van der Waals surface area contributed by atoms with E-state index in [0.717, 1.165) is 26.1 Å². The Labute approximate surface area is 201 Å². The average molecular weight is 483 g/mol. The molecule has 6 nitrogen and oxygen atoms in total. The molecule has 0 amide bonds. The minimum Gasteiger partial charge on any atom is -0.335 e. The van der Waals surface area contributed by atoms with Crippen LogP contribution in [0.1, 0.15) is 11.1 Å². The van der Waals surface area contributed by atoms with Crippen molar-refractivity contribution in [1.29, 1.82) is 0 Å². The summed E-state index contributed by atoms with van der Waals surface area (Å²) in [5.74, 6) is -0.834. The van der Waals surface area contributed by atoms with Crippen LogP contribution in [-0.2, 0) is 13.5 Å². The molecule has 176 valence electrons. The summed E-state index contributed by atoms with van der Waals surface area (Å²) in [7, 11) is 3.88. The van der Waals surface area contributed by atoms with E-state index in [-0.39, 0.29) is 22.2 Å². The van der Waals surface area contributed by atoms with E-state index in [1.807, 2.05) is 6.07 Å². The number of rotatable bonds is 4. The molecular weight excluding hydrogens is 458 g/mol. The molecule has 1 fully saturated rings. The van der Waals surface area contributed by atoms with E-state index in [1.165, 1.54) is 18.6 Å².